The van der Waals surface area contributed by atoms with Gasteiger partial charge in [0.25, 0.3) is 11.5 Å². The number of benzene rings is 1. The number of rotatable bonds is 2. The fourth-order valence-electron chi connectivity index (χ4n) is 3.75. The van der Waals surface area contributed by atoms with E-state index in [-0.39, 0.29) is 23.3 Å². The lowest BCUT2D eigenvalue weighted by Gasteiger charge is -2.25. The Hall–Kier alpha value is -3.22. The molecule has 0 N–H and O–H groups in total. The minimum atomic E-state index is -0.465. The molecule has 1 atom stereocenters. The molecule has 27 heavy (non-hydrogen) atoms. The summed E-state index contributed by atoms with van der Waals surface area (Å²) in [7, 11) is 2.98. The standard InChI is InChI=1S/C20H20N4O3/c1-22-17-14(18(25)23(2)20(22)27)10-11-15(21-17)19(26)24-12-6-9-16(24)13-7-4-3-5-8-13/h3-5,7-8,10-11,16H,6,9,12H2,1-2H3. The van der Waals surface area contributed by atoms with Gasteiger partial charge in [-0.2, -0.15) is 0 Å². The van der Waals surface area contributed by atoms with Gasteiger partial charge in [-0.05, 0) is 30.5 Å². The fraction of sp³-hybridized carbons (Fsp3) is 0.300. The van der Waals surface area contributed by atoms with Gasteiger partial charge in [0.1, 0.15) is 11.3 Å². The summed E-state index contributed by atoms with van der Waals surface area (Å²) in [5.74, 6) is -0.184. The zero-order chi connectivity index (χ0) is 19.1. The molecular formula is C20H20N4O3. The maximum Gasteiger partial charge on any atom is 0.332 e. The molecule has 4 rings (SSSR count). The van der Waals surface area contributed by atoms with Crippen molar-refractivity contribution in [2.45, 2.75) is 18.9 Å². The van der Waals surface area contributed by atoms with E-state index < -0.39 is 11.2 Å². The van der Waals surface area contributed by atoms with Gasteiger partial charge < -0.3 is 4.90 Å². The lowest BCUT2D eigenvalue weighted by Crippen LogP contribution is -2.38. The Morgan fingerprint density at radius 2 is 1.78 bits per heavy atom. The number of pyridine rings is 1. The van der Waals surface area contributed by atoms with Crippen molar-refractivity contribution in [1.29, 1.82) is 0 Å². The highest BCUT2D eigenvalue weighted by molar-refractivity contribution is 5.94. The van der Waals surface area contributed by atoms with Gasteiger partial charge in [-0.15, -0.1) is 0 Å². The van der Waals surface area contributed by atoms with Crippen LogP contribution in [0.2, 0.25) is 0 Å². The van der Waals surface area contributed by atoms with Gasteiger partial charge in [0, 0.05) is 20.6 Å². The summed E-state index contributed by atoms with van der Waals surface area (Å²) >= 11 is 0. The Morgan fingerprint density at radius 1 is 1.04 bits per heavy atom. The number of fused-ring (bicyclic) bond motifs is 1. The van der Waals surface area contributed by atoms with Crippen molar-refractivity contribution in [2.75, 3.05) is 6.54 Å². The lowest BCUT2D eigenvalue weighted by molar-refractivity contribution is 0.0730. The van der Waals surface area contributed by atoms with Gasteiger partial charge in [-0.1, -0.05) is 30.3 Å². The van der Waals surface area contributed by atoms with Crippen molar-refractivity contribution in [3.8, 4) is 0 Å². The summed E-state index contributed by atoms with van der Waals surface area (Å²) in [6.07, 6.45) is 1.83. The second-order valence-electron chi connectivity index (χ2n) is 6.84. The predicted octanol–water partition coefficient (Wildman–Crippen LogP) is 1.61. The Morgan fingerprint density at radius 3 is 2.52 bits per heavy atom. The molecule has 138 valence electrons. The molecule has 0 saturated carbocycles. The molecule has 7 nitrogen and oxygen atoms in total. The topological polar surface area (TPSA) is 77.2 Å². The first-order valence-corrected chi connectivity index (χ1v) is 8.91. The summed E-state index contributed by atoms with van der Waals surface area (Å²) < 4.78 is 2.34. The minimum absolute atomic E-state index is 0.0173. The highest BCUT2D eigenvalue weighted by Gasteiger charge is 2.31. The fourth-order valence-corrected chi connectivity index (χ4v) is 3.75. The molecule has 0 radical (unpaired) electrons. The van der Waals surface area contributed by atoms with Crippen LogP contribution in [0.3, 0.4) is 0 Å². The molecule has 1 aromatic carbocycles. The molecule has 0 bridgehead atoms. The van der Waals surface area contributed by atoms with Crippen LogP contribution in [0.4, 0.5) is 0 Å². The van der Waals surface area contributed by atoms with Crippen LogP contribution in [-0.2, 0) is 14.1 Å². The minimum Gasteiger partial charge on any atom is -0.330 e. The first-order chi connectivity index (χ1) is 13.0. The van der Waals surface area contributed by atoms with Crippen LogP contribution in [0.5, 0.6) is 0 Å². The zero-order valence-electron chi connectivity index (χ0n) is 15.3. The molecule has 2 aromatic heterocycles. The van der Waals surface area contributed by atoms with Gasteiger partial charge in [-0.25, -0.2) is 9.78 Å². The number of aromatic nitrogens is 3. The molecule has 0 aliphatic carbocycles. The number of hydrogen-bond donors (Lipinski definition) is 0. The van der Waals surface area contributed by atoms with E-state index >= 15 is 0 Å². The van der Waals surface area contributed by atoms with Crippen LogP contribution < -0.4 is 11.2 Å². The first-order valence-electron chi connectivity index (χ1n) is 8.91. The predicted molar refractivity (Wildman–Crippen MR) is 102 cm³/mol. The molecule has 1 fully saturated rings. The monoisotopic (exact) mass is 364 g/mol. The van der Waals surface area contributed by atoms with Crippen molar-refractivity contribution in [3.05, 3.63) is 74.6 Å². The van der Waals surface area contributed by atoms with Crippen molar-refractivity contribution in [3.63, 3.8) is 0 Å². The summed E-state index contributed by atoms with van der Waals surface area (Å²) in [4.78, 5) is 43.8. The number of carbonyl (C=O) groups excluding carboxylic acids is 1. The molecule has 3 heterocycles. The lowest BCUT2D eigenvalue weighted by atomic mass is 10.0. The van der Waals surface area contributed by atoms with Crippen LogP contribution in [0.1, 0.15) is 34.9 Å². The first kappa shape index (κ1) is 17.2. The van der Waals surface area contributed by atoms with Crippen molar-refractivity contribution in [1.82, 2.24) is 19.0 Å². The third kappa shape index (κ3) is 2.75. The average molecular weight is 364 g/mol. The van der Waals surface area contributed by atoms with Gasteiger partial charge >= 0.3 is 5.69 Å². The van der Waals surface area contributed by atoms with E-state index in [4.69, 9.17) is 0 Å². The van der Waals surface area contributed by atoms with Crippen molar-refractivity contribution in [2.24, 2.45) is 14.1 Å². The summed E-state index contributed by atoms with van der Waals surface area (Å²) in [6, 6.07) is 13.1. The van der Waals surface area contributed by atoms with Gasteiger partial charge in [0.05, 0.1) is 11.4 Å². The Labute approximate surface area is 155 Å². The maximum atomic E-state index is 13.1. The highest BCUT2D eigenvalue weighted by atomic mass is 16.2. The van der Waals surface area contributed by atoms with Gasteiger partial charge in [0.2, 0.25) is 0 Å². The molecule has 0 spiro atoms. The number of aryl methyl sites for hydroxylation is 1. The van der Waals surface area contributed by atoms with E-state index in [0.717, 1.165) is 23.0 Å². The number of carbonyl (C=O) groups is 1. The van der Waals surface area contributed by atoms with E-state index in [9.17, 15) is 14.4 Å². The maximum absolute atomic E-state index is 13.1. The highest BCUT2D eigenvalue weighted by Crippen LogP contribution is 2.32. The van der Waals surface area contributed by atoms with Gasteiger partial charge in [-0.3, -0.25) is 18.7 Å². The smallest absolute Gasteiger partial charge is 0.330 e. The molecule has 7 heteroatoms. The summed E-state index contributed by atoms with van der Waals surface area (Å²) in [5.41, 5.74) is 0.694. The number of hydrogen-bond acceptors (Lipinski definition) is 4. The van der Waals surface area contributed by atoms with E-state index in [0.29, 0.717) is 11.9 Å². The summed E-state index contributed by atoms with van der Waals surface area (Å²) in [5, 5.41) is 0.317. The number of amides is 1. The Bertz CT molecular complexity index is 1150. The van der Waals surface area contributed by atoms with E-state index in [1.54, 1.807) is 19.2 Å². The van der Waals surface area contributed by atoms with Gasteiger partial charge in [0.15, 0.2) is 0 Å². The number of likely N-dealkylation sites (tertiary alicyclic amines) is 1. The van der Waals surface area contributed by atoms with Crippen LogP contribution in [0.15, 0.2) is 52.1 Å². The van der Waals surface area contributed by atoms with Crippen molar-refractivity contribution < 1.29 is 4.79 Å². The largest absolute Gasteiger partial charge is 0.332 e. The van der Waals surface area contributed by atoms with Crippen LogP contribution in [0, 0.1) is 0 Å². The third-order valence-electron chi connectivity index (χ3n) is 5.22. The quantitative estimate of drug-likeness (QED) is 0.692. The molecule has 1 aliphatic heterocycles. The molecule has 1 aliphatic rings. The zero-order valence-corrected chi connectivity index (χ0v) is 15.3. The summed E-state index contributed by atoms with van der Waals surface area (Å²) in [6.45, 7) is 0.660. The van der Waals surface area contributed by atoms with E-state index in [1.807, 2.05) is 35.2 Å². The normalized spacial score (nSPS) is 16.8. The van der Waals surface area contributed by atoms with Crippen LogP contribution in [-0.4, -0.2) is 31.5 Å². The second kappa shape index (κ2) is 6.50. The van der Waals surface area contributed by atoms with Crippen LogP contribution in [0.25, 0.3) is 11.0 Å². The Balaban J connectivity index is 1.77. The molecule has 3 aromatic rings. The average Bonchev–Trinajstić information content (AvgIpc) is 3.20. The van der Waals surface area contributed by atoms with Crippen LogP contribution >= 0.6 is 0 Å². The van der Waals surface area contributed by atoms with E-state index in [2.05, 4.69) is 4.98 Å². The van der Waals surface area contributed by atoms with Crippen molar-refractivity contribution >= 4 is 16.9 Å². The molecular weight excluding hydrogens is 344 g/mol. The molecule has 1 amide bonds. The third-order valence-corrected chi connectivity index (χ3v) is 5.22. The Kier molecular flexibility index (Phi) is 4.14. The molecule has 1 unspecified atom stereocenters. The second-order valence-corrected chi connectivity index (χ2v) is 6.84. The number of nitrogens with zero attached hydrogens (tertiary/aromatic N) is 4. The SMILES string of the molecule is Cn1c(=O)c2ccc(C(=O)N3CCCC3c3ccccc3)nc2n(C)c1=O. The van der Waals surface area contributed by atoms with E-state index in [1.165, 1.54) is 11.6 Å². The molecule has 1 saturated heterocycles.